The minimum absolute atomic E-state index is 0.0765. The van der Waals surface area contributed by atoms with Gasteiger partial charge >= 0.3 is 6.03 Å². The van der Waals surface area contributed by atoms with Gasteiger partial charge in [0.25, 0.3) is 0 Å². The number of furan rings is 1. The van der Waals surface area contributed by atoms with Gasteiger partial charge in [-0.3, -0.25) is 4.98 Å². The van der Waals surface area contributed by atoms with Crippen molar-refractivity contribution in [2.24, 2.45) is 0 Å². The molecular weight excluding hydrogens is 320 g/mol. The highest BCUT2D eigenvalue weighted by molar-refractivity contribution is 5.74. The SMILES string of the molecule is Cc1ccc(CN(C)C(=O)NC2CCC(Oc3cnccn3)CC2)o1. The summed E-state index contributed by atoms with van der Waals surface area (Å²) in [7, 11) is 1.77. The number of nitrogens with zero attached hydrogens (tertiary/aromatic N) is 3. The van der Waals surface area contributed by atoms with Crippen LogP contribution in [0.15, 0.2) is 35.1 Å². The monoisotopic (exact) mass is 344 g/mol. The molecule has 0 spiro atoms. The van der Waals surface area contributed by atoms with E-state index in [1.807, 2.05) is 19.1 Å². The Kier molecular flexibility index (Phi) is 5.53. The molecule has 1 N–H and O–H groups in total. The highest BCUT2D eigenvalue weighted by Crippen LogP contribution is 2.22. The Bertz CT molecular complexity index is 681. The normalized spacial score (nSPS) is 20.1. The van der Waals surface area contributed by atoms with Gasteiger partial charge in [-0.2, -0.15) is 0 Å². The molecule has 0 atom stereocenters. The van der Waals surface area contributed by atoms with E-state index in [4.69, 9.17) is 9.15 Å². The lowest BCUT2D eigenvalue weighted by Crippen LogP contribution is -2.45. The lowest BCUT2D eigenvalue weighted by Gasteiger charge is -2.30. The molecule has 0 aliphatic heterocycles. The minimum Gasteiger partial charge on any atom is -0.473 e. The van der Waals surface area contributed by atoms with Gasteiger partial charge in [0.15, 0.2) is 0 Å². The summed E-state index contributed by atoms with van der Waals surface area (Å²) in [5.41, 5.74) is 0. The van der Waals surface area contributed by atoms with Gasteiger partial charge in [0, 0.05) is 25.5 Å². The van der Waals surface area contributed by atoms with Crippen LogP contribution in [0.3, 0.4) is 0 Å². The van der Waals surface area contributed by atoms with Crippen molar-refractivity contribution in [2.45, 2.75) is 51.3 Å². The van der Waals surface area contributed by atoms with Crippen LogP contribution >= 0.6 is 0 Å². The number of ether oxygens (including phenoxy) is 1. The van der Waals surface area contributed by atoms with E-state index in [9.17, 15) is 4.79 Å². The van der Waals surface area contributed by atoms with Crippen molar-refractivity contribution in [2.75, 3.05) is 7.05 Å². The third-order valence-corrected chi connectivity index (χ3v) is 4.36. The number of nitrogens with one attached hydrogen (secondary N) is 1. The van der Waals surface area contributed by atoms with Crippen LogP contribution in [-0.2, 0) is 6.54 Å². The molecule has 2 aromatic rings. The molecule has 2 heterocycles. The van der Waals surface area contributed by atoms with Gasteiger partial charge in [-0.05, 0) is 44.7 Å². The summed E-state index contributed by atoms with van der Waals surface area (Å²) in [6, 6.07) is 3.90. The van der Waals surface area contributed by atoms with Crippen molar-refractivity contribution in [3.63, 3.8) is 0 Å². The molecule has 1 aliphatic carbocycles. The maximum absolute atomic E-state index is 12.3. The van der Waals surface area contributed by atoms with Gasteiger partial charge < -0.3 is 19.4 Å². The smallest absolute Gasteiger partial charge is 0.317 e. The number of hydrogen-bond donors (Lipinski definition) is 1. The number of aromatic nitrogens is 2. The Balaban J connectivity index is 1.41. The Morgan fingerprint density at radius 2 is 2.12 bits per heavy atom. The van der Waals surface area contributed by atoms with Crippen LogP contribution in [0.2, 0.25) is 0 Å². The van der Waals surface area contributed by atoms with Crippen LogP contribution in [0, 0.1) is 6.92 Å². The molecule has 0 saturated heterocycles. The van der Waals surface area contributed by atoms with E-state index < -0.39 is 0 Å². The quantitative estimate of drug-likeness (QED) is 0.902. The van der Waals surface area contributed by atoms with Gasteiger partial charge in [0.05, 0.1) is 12.7 Å². The van der Waals surface area contributed by atoms with E-state index >= 15 is 0 Å². The molecule has 7 nitrogen and oxygen atoms in total. The lowest BCUT2D eigenvalue weighted by atomic mass is 9.93. The lowest BCUT2D eigenvalue weighted by molar-refractivity contribution is 0.131. The number of rotatable bonds is 5. The molecule has 2 aromatic heterocycles. The number of carbonyl (C=O) groups is 1. The third kappa shape index (κ3) is 4.95. The average molecular weight is 344 g/mol. The first-order valence-corrected chi connectivity index (χ1v) is 8.60. The number of carbonyl (C=O) groups excluding carboxylic acids is 1. The van der Waals surface area contributed by atoms with Gasteiger partial charge in [-0.1, -0.05) is 0 Å². The first kappa shape index (κ1) is 17.3. The van der Waals surface area contributed by atoms with Crippen molar-refractivity contribution in [1.82, 2.24) is 20.2 Å². The summed E-state index contributed by atoms with van der Waals surface area (Å²) in [4.78, 5) is 22.1. The van der Waals surface area contributed by atoms with Gasteiger partial charge in [0.2, 0.25) is 5.88 Å². The Hall–Kier alpha value is -2.57. The van der Waals surface area contributed by atoms with Crippen LogP contribution in [-0.4, -0.2) is 40.1 Å². The maximum Gasteiger partial charge on any atom is 0.317 e. The standard InChI is InChI=1S/C18H24N4O3/c1-13-3-6-16(24-13)12-22(2)18(23)21-14-4-7-15(8-5-14)25-17-11-19-9-10-20-17/h3,6,9-11,14-15H,4-5,7-8,12H2,1-2H3,(H,21,23). The summed E-state index contributed by atoms with van der Waals surface area (Å²) >= 11 is 0. The molecule has 1 fully saturated rings. The number of hydrogen-bond acceptors (Lipinski definition) is 5. The summed E-state index contributed by atoms with van der Waals surface area (Å²) < 4.78 is 11.3. The zero-order valence-corrected chi connectivity index (χ0v) is 14.6. The van der Waals surface area contributed by atoms with E-state index in [0.717, 1.165) is 37.2 Å². The highest BCUT2D eigenvalue weighted by Gasteiger charge is 2.25. The molecule has 0 aromatic carbocycles. The van der Waals surface area contributed by atoms with E-state index in [2.05, 4.69) is 15.3 Å². The maximum atomic E-state index is 12.3. The summed E-state index contributed by atoms with van der Waals surface area (Å²) in [6.45, 7) is 2.36. The topological polar surface area (TPSA) is 80.5 Å². The fourth-order valence-electron chi connectivity index (χ4n) is 3.00. The minimum atomic E-state index is -0.0765. The fraction of sp³-hybridized carbons (Fsp3) is 0.500. The predicted molar refractivity (Wildman–Crippen MR) is 92.1 cm³/mol. The van der Waals surface area contributed by atoms with E-state index in [-0.39, 0.29) is 18.2 Å². The van der Waals surface area contributed by atoms with Gasteiger partial charge in [-0.15, -0.1) is 0 Å². The summed E-state index contributed by atoms with van der Waals surface area (Å²) in [5, 5.41) is 3.09. The van der Waals surface area contributed by atoms with Crippen molar-refractivity contribution < 1.29 is 13.9 Å². The summed E-state index contributed by atoms with van der Waals surface area (Å²) in [5.74, 6) is 2.20. The largest absolute Gasteiger partial charge is 0.473 e. The van der Waals surface area contributed by atoms with Crippen molar-refractivity contribution in [3.05, 3.63) is 42.2 Å². The molecule has 25 heavy (non-hydrogen) atoms. The fourth-order valence-corrected chi connectivity index (χ4v) is 3.00. The van der Waals surface area contributed by atoms with E-state index in [1.165, 1.54) is 0 Å². The summed E-state index contributed by atoms with van der Waals surface area (Å²) in [6.07, 6.45) is 8.57. The van der Waals surface area contributed by atoms with Gasteiger partial charge in [0.1, 0.15) is 17.6 Å². The van der Waals surface area contributed by atoms with Crippen LogP contribution < -0.4 is 10.1 Å². The molecule has 0 radical (unpaired) electrons. The molecule has 1 saturated carbocycles. The van der Waals surface area contributed by atoms with Crippen molar-refractivity contribution in [1.29, 1.82) is 0 Å². The zero-order valence-electron chi connectivity index (χ0n) is 14.6. The number of aryl methyl sites for hydroxylation is 1. The molecular formula is C18H24N4O3. The van der Waals surface area contributed by atoms with Crippen LogP contribution in [0.25, 0.3) is 0 Å². The Morgan fingerprint density at radius 3 is 2.76 bits per heavy atom. The second-order valence-electron chi connectivity index (χ2n) is 6.45. The second kappa shape index (κ2) is 8.00. The van der Waals surface area contributed by atoms with Crippen molar-refractivity contribution >= 4 is 6.03 Å². The highest BCUT2D eigenvalue weighted by atomic mass is 16.5. The molecule has 0 unspecified atom stereocenters. The van der Waals surface area contributed by atoms with Gasteiger partial charge in [-0.25, -0.2) is 9.78 Å². The Morgan fingerprint density at radius 1 is 1.32 bits per heavy atom. The molecule has 0 bridgehead atoms. The van der Waals surface area contributed by atoms with Crippen molar-refractivity contribution in [3.8, 4) is 5.88 Å². The second-order valence-corrected chi connectivity index (χ2v) is 6.45. The predicted octanol–water partition coefficient (Wildman–Crippen LogP) is 2.91. The zero-order chi connectivity index (χ0) is 17.6. The first-order chi connectivity index (χ1) is 12.1. The van der Waals surface area contributed by atoms with Crippen LogP contribution in [0.1, 0.15) is 37.2 Å². The molecule has 1 aliphatic rings. The average Bonchev–Trinajstić information content (AvgIpc) is 3.02. The van der Waals surface area contributed by atoms with Crippen LogP contribution in [0.4, 0.5) is 4.79 Å². The first-order valence-electron chi connectivity index (χ1n) is 8.60. The van der Waals surface area contributed by atoms with Crippen LogP contribution in [0.5, 0.6) is 5.88 Å². The number of amides is 2. The van der Waals surface area contributed by atoms with E-state index in [0.29, 0.717) is 12.4 Å². The third-order valence-electron chi connectivity index (χ3n) is 4.36. The molecule has 134 valence electrons. The molecule has 2 amide bonds. The van der Waals surface area contributed by atoms with E-state index in [1.54, 1.807) is 30.5 Å². The Labute approximate surface area is 147 Å². The molecule has 3 rings (SSSR count). The number of urea groups is 1. The molecule has 7 heteroatoms.